The summed E-state index contributed by atoms with van der Waals surface area (Å²) in [4.78, 5) is 70.7. The van der Waals surface area contributed by atoms with Crippen molar-refractivity contribution in [2.24, 2.45) is 0 Å². The molecule has 0 amide bonds. The van der Waals surface area contributed by atoms with Gasteiger partial charge in [-0.2, -0.15) is 0 Å². The Morgan fingerprint density at radius 2 is 0.590 bits per heavy atom. The van der Waals surface area contributed by atoms with Crippen molar-refractivity contribution in [2.45, 2.75) is 0 Å². The molecule has 0 heterocycles. The van der Waals surface area contributed by atoms with Crippen LogP contribution >= 0.6 is 0 Å². The monoisotopic (exact) mass is 525 g/mol. The van der Waals surface area contributed by atoms with E-state index in [0.29, 0.717) is 0 Å². The van der Waals surface area contributed by atoms with Gasteiger partial charge in [0.05, 0.1) is 14.8 Å². The number of hydrogen-bond donors (Lipinski definition) is 0. The summed E-state index contributed by atoms with van der Waals surface area (Å²) >= 11 is 0. The third-order valence-electron chi connectivity index (χ3n) is 5.74. The first-order chi connectivity index (χ1) is 18.5. The van der Waals surface area contributed by atoms with E-state index >= 15 is 0 Å². The van der Waals surface area contributed by atoms with Crippen molar-refractivity contribution in [1.82, 2.24) is 0 Å². The molecule has 0 aliphatic heterocycles. The molecule has 0 fully saturated rings. The zero-order valence-corrected chi connectivity index (χ0v) is 19.7. The van der Waals surface area contributed by atoms with E-state index in [1.165, 1.54) is 54.6 Å². The minimum Gasteiger partial charge on any atom is -0.289 e. The molecule has 12 heteroatoms. The molecule has 0 aliphatic carbocycles. The summed E-state index contributed by atoms with van der Waals surface area (Å²) in [7, 11) is 0. The summed E-state index contributed by atoms with van der Waals surface area (Å²) in [5.41, 5.74) is -0.712. The summed E-state index contributed by atoms with van der Waals surface area (Å²) in [6.07, 6.45) is 0. The van der Waals surface area contributed by atoms with Gasteiger partial charge in [0.25, 0.3) is 17.1 Å². The van der Waals surface area contributed by atoms with Gasteiger partial charge in [-0.3, -0.25) is 44.7 Å². The summed E-state index contributed by atoms with van der Waals surface area (Å²) in [6, 6.07) is 18.0. The molecule has 0 N–H and O–H groups in total. The lowest BCUT2D eigenvalue weighted by molar-refractivity contribution is -0.385. The predicted molar refractivity (Wildman–Crippen MR) is 136 cm³/mol. The van der Waals surface area contributed by atoms with E-state index in [9.17, 15) is 44.7 Å². The largest absolute Gasteiger partial charge is 0.289 e. The maximum Gasteiger partial charge on any atom is 0.269 e. The Morgan fingerprint density at radius 3 is 0.769 bits per heavy atom. The van der Waals surface area contributed by atoms with Crippen LogP contribution in [0.15, 0.2) is 91.0 Å². The van der Waals surface area contributed by atoms with Crippen molar-refractivity contribution < 1.29 is 29.2 Å². The number of carbonyl (C=O) groups is 3. The summed E-state index contributed by atoms with van der Waals surface area (Å²) in [5, 5.41) is 32.8. The van der Waals surface area contributed by atoms with E-state index in [0.717, 1.165) is 36.4 Å². The minimum absolute atomic E-state index is 0.0641. The second-order valence-electron chi connectivity index (χ2n) is 8.20. The number of carbonyl (C=O) groups excluding carboxylic acids is 3. The Labute approximate surface area is 218 Å². The molecule has 12 nitrogen and oxygen atoms in total. The average Bonchev–Trinajstić information content (AvgIpc) is 2.95. The van der Waals surface area contributed by atoms with Gasteiger partial charge in [-0.05, 0) is 54.6 Å². The van der Waals surface area contributed by atoms with E-state index < -0.39 is 32.1 Å². The Bertz CT molecular complexity index is 1450. The zero-order chi connectivity index (χ0) is 28.3. The molecule has 0 saturated carbocycles. The molecular weight excluding hydrogens is 510 g/mol. The van der Waals surface area contributed by atoms with Gasteiger partial charge in [-0.15, -0.1) is 0 Å². The highest BCUT2D eigenvalue weighted by molar-refractivity contribution is 6.17. The highest BCUT2D eigenvalue weighted by Gasteiger charge is 2.21. The van der Waals surface area contributed by atoms with Crippen molar-refractivity contribution >= 4 is 34.4 Å². The molecule has 0 unspecified atom stereocenters. The Balaban J connectivity index is 1.79. The second-order valence-corrected chi connectivity index (χ2v) is 8.20. The maximum atomic E-state index is 13.2. The smallest absolute Gasteiger partial charge is 0.269 e. The van der Waals surface area contributed by atoms with Crippen LogP contribution in [0.4, 0.5) is 17.1 Å². The number of non-ortho nitro benzene ring substituents is 3. The van der Waals surface area contributed by atoms with Gasteiger partial charge in [0.1, 0.15) is 0 Å². The molecule has 0 spiro atoms. The fourth-order valence-electron chi connectivity index (χ4n) is 3.72. The minimum atomic E-state index is -0.626. The average molecular weight is 525 g/mol. The summed E-state index contributed by atoms with van der Waals surface area (Å²) in [6.45, 7) is 0. The quantitative estimate of drug-likeness (QED) is 0.163. The molecule has 0 atom stereocenters. The first-order valence-electron chi connectivity index (χ1n) is 11.1. The fraction of sp³-hybridized carbons (Fsp3) is 0. The van der Waals surface area contributed by atoms with Gasteiger partial charge in [0.15, 0.2) is 17.3 Å². The number of nitrogens with zero attached hydrogens (tertiary/aromatic N) is 3. The van der Waals surface area contributed by atoms with Crippen molar-refractivity contribution in [3.05, 3.63) is 155 Å². The van der Waals surface area contributed by atoms with Crippen LogP contribution in [0.25, 0.3) is 0 Å². The molecule has 0 aliphatic rings. The van der Waals surface area contributed by atoms with Gasteiger partial charge in [0, 0.05) is 69.8 Å². The normalized spacial score (nSPS) is 10.5. The molecular formula is C27H15N3O9. The van der Waals surface area contributed by atoms with Crippen LogP contribution in [0, 0.1) is 30.3 Å². The van der Waals surface area contributed by atoms with Crippen molar-refractivity contribution in [1.29, 1.82) is 0 Å². The maximum absolute atomic E-state index is 13.2. The number of nitro groups is 3. The van der Waals surface area contributed by atoms with E-state index in [1.54, 1.807) is 0 Å². The van der Waals surface area contributed by atoms with Gasteiger partial charge < -0.3 is 0 Å². The number of nitro benzene ring substituents is 3. The number of hydrogen-bond acceptors (Lipinski definition) is 9. The van der Waals surface area contributed by atoms with Crippen molar-refractivity contribution in [3.63, 3.8) is 0 Å². The molecule has 39 heavy (non-hydrogen) atoms. The topological polar surface area (TPSA) is 181 Å². The number of ketones is 3. The lowest BCUT2D eigenvalue weighted by Gasteiger charge is -2.10. The fourth-order valence-corrected chi connectivity index (χ4v) is 3.72. The van der Waals surface area contributed by atoms with Crippen LogP contribution in [0.5, 0.6) is 0 Å². The molecule has 0 saturated heterocycles. The number of benzene rings is 4. The third kappa shape index (κ3) is 5.59. The first-order valence-corrected chi connectivity index (χ1v) is 11.1. The van der Waals surface area contributed by atoms with Crippen LogP contribution in [0.1, 0.15) is 47.8 Å². The lowest BCUT2D eigenvalue weighted by Crippen LogP contribution is -2.11. The predicted octanol–water partition coefficient (Wildman–Crippen LogP) is 5.10. The molecule has 4 aromatic carbocycles. The molecule has 0 bridgehead atoms. The zero-order valence-electron chi connectivity index (χ0n) is 19.7. The standard InChI is InChI=1S/C27H15N3O9/c31-25(16-1-7-22(8-2-16)28(34)35)19-13-20(26(32)17-3-9-23(10-4-17)29(36)37)15-21(14-19)27(33)18-5-11-24(12-6-18)30(38)39/h1-15H. The third-order valence-corrected chi connectivity index (χ3v) is 5.74. The summed E-state index contributed by atoms with van der Waals surface area (Å²) < 4.78 is 0. The molecule has 192 valence electrons. The SMILES string of the molecule is O=C(c1ccc([N+](=O)[O-])cc1)c1cc(C(=O)c2ccc([N+](=O)[O-])cc2)cc(C(=O)c2ccc([N+](=O)[O-])cc2)c1. The van der Waals surface area contributed by atoms with Crippen molar-refractivity contribution in [3.8, 4) is 0 Å². The highest BCUT2D eigenvalue weighted by atomic mass is 16.6. The van der Waals surface area contributed by atoms with Crippen molar-refractivity contribution in [2.75, 3.05) is 0 Å². The van der Waals surface area contributed by atoms with Gasteiger partial charge >= 0.3 is 0 Å². The van der Waals surface area contributed by atoms with Crippen LogP contribution in [0.2, 0.25) is 0 Å². The van der Waals surface area contributed by atoms with Crippen LogP contribution in [-0.2, 0) is 0 Å². The Morgan fingerprint density at radius 1 is 0.385 bits per heavy atom. The van der Waals surface area contributed by atoms with Gasteiger partial charge in [-0.25, -0.2) is 0 Å². The van der Waals surface area contributed by atoms with E-state index in [2.05, 4.69) is 0 Å². The molecule has 0 radical (unpaired) electrons. The highest BCUT2D eigenvalue weighted by Crippen LogP contribution is 2.23. The van der Waals surface area contributed by atoms with Crippen LogP contribution < -0.4 is 0 Å². The summed E-state index contributed by atoms with van der Waals surface area (Å²) in [5.74, 6) is -1.87. The van der Waals surface area contributed by atoms with Crippen LogP contribution in [0.3, 0.4) is 0 Å². The lowest BCUT2D eigenvalue weighted by atomic mass is 9.92. The Kier molecular flexibility index (Phi) is 7.11. The molecule has 4 rings (SSSR count). The second kappa shape index (κ2) is 10.6. The van der Waals surface area contributed by atoms with Gasteiger partial charge in [-0.1, -0.05) is 0 Å². The molecule has 0 aromatic heterocycles. The van der Waals surface area contributed by atoms with Crippen LogP contribution in [-0.4, -0.2) is 32.1 Å². The van der Waals surface area contributed by atoms with E-state index in [1.807, 2.05) is 0 Å². The Hall–Kier alpha value is -5.91. The van der Waals surface area contributed by atoms with E-state index in [-0.39, 0.29) is 50.4 Å². The van der Waals surface area contributed by atoms with Gasteiger partial charge in [0.2, 0.25) is 0 Å². The van der Waals surface area contributed by atoms with E-state index in [4.69, 9.17) is 0 Å². The first kappa shape index (κ1) is 26.2. The molecule has 4 aromatic rings. The number of rotatable bonds is 9.